The molecule has 3 unspecified atom stereocenters. The Kier molecular flexibility index (Phi) is 3.94. The molecule has 0 radical (unpaired) electrons. The van der Waals surface area contributed by atoms with Gasteiger partial charge in [0.15, 0.2) is 0 Å². The molecular formula is C15H29N. The molecular weight excluding hydrogens is 194 g/mol. The molecule has 0 spiro atoms. The van der Waals surface area contributed by atoms with Crippen molar-refractivity contribution >= 4 is 0 Å². The molecule has 94 valence electrons. The maximum Gasteiger partial charge on any atom is 0.00980 e. The molecule has 2 fully saturated rings. The van der Waals surface area contributed by atoms with Gasteiger partial charge in [0.2, 0.25) is 0 Å². The molecule has 1 heteroatoms. The van der Waals surface area contributed by atoms with Crippen molar-refractivity contribution in [1.82, 2.24) is 5.32 Å². The van der Waals surface area contributed by atoms with Gasteiger partial charge in [-0.1, -0.05) is 34.1 Å². The van der Waals surface area contributed by atoms with E-state index in [-0.39, 0.29) is 0 Å². The van der Waals surface area contributed by atoms with Gasteiger partial charge >= 0.3 is 0 Å². The fourth-order valence-electron chi connectivity index (χ4n) is 3.70. The molecule has 0 amide bonds. The summed E-state index contributed by atoms with van der Waals surface area (Å²) in [5, 5.41) is 3.91. The first-order valence-electron chi connectivity index (χ1n) is 7.37. The van der Waals surface area contributed by atoms with E-state index in [0.717, 1.165) is 35.8 Å². The van der Waals surface area contributed by atoms with Crippen LogP contribution in [0, 0.1) is 23.7 Å². The molecule has 0 aliphatic heterocycles. The van der Waals surface area contributed by atoms with Crippen LogP contribution in [0.15, 0.2) is 0 Å². The Morgan fingerprint density at radius 2 is 1.88 bits per heavy atom. The van der Waals surface area contributed by atoms with Crippen molar-refractivity contribution in [2.75, 3.05) is 0 Å². The minimum Gasteiger partial charge on any atom is -0.311 e. The molecule has 0 aromatic rings. The summed E-state index contributed by atoms with van der Waals surface area (Å²) in [6.45, 7) is 9.54. The quantitative estimate of drug-likeness (QED) is 0.763. The molecule has 1 nitrogen and oxygen atoms in total. The summed E-state index contributed by atoms with van der Waals surface area (Å²) in [6.07, 6.45) is 7.10. The largest absolute Gasteiger partial charge is 0.311 e. The zero-order valence-corrected chi connectivity index (χ0v) is 11.5. The second-order valence-electron chi connectivity index (χ2n) is 6.55. The predicted octanol–water partition coefficient (Wildman–Crippen LogP) is 3.84. The third-order valence-corrected chi connectivity index (χ3v) is 5.32. The average molecular weight is 223 g/mol. The van der Waals surface area contributed by atoms with Gasteiger partial charge in [-0.05, 0) is 49.4 Å². The van der Waals surface area contributed by atoms with Gasteiger partial charge in [-0.2, -0.15) is 0 Å². The lowest BCUT2D eigenvalue weighted by Gasteiger charge is -2.41. The molecule has 0 bridgehead atoms. The van der Waals surface area contributed by atoms with Gasteiger partial charge in [0.1, 0.15) is 0 Å². The first kappa shape index (κ1) is 12.4. The molecule has 2 aliphatic rings. The lowest BCUT2D eigenvalue weighted by molar-refractivity contribution is 0.148. The number of hydrogen-bond acceptors (Lipinski definition) is 1. The summed E-state index contributed by atoms with van der Waals surface area (Å²) < 4.78 is 0. The molecule has 1 N–H and O–H groups in total. The summed E-state index contributed by atoms with van der Waals surface area (Å²) in [5.74, 6) is 3.78. The van der Waals surface area contributed by atoms with Crippen molar-refractivity contribution in [3.8, 4) is 0 Å². The fourth-order valence-corrected chi connectivity index (χ4v) is 3.70. The van der Waals surface area contributed by atoms with E-state index in [9.17, 15) is 0 Å². The zero-order valence-electron chi connectivity index (χ0n) is 11.5. The van der Waals surface area contributed by atoms with E-state index in [1.807, 2.05) is 0 Å². The molecule has 0 saturated heterocycles. The van der Waals surface area contributed by atoms with Gasteiger partial charge in [0, 0.05) is 12.1 Å². The highest BCUT2D eigenvalue weighted by atomic mass is 15.0. The smallest absolute Gasteiger partial charge is 0.00980 e. The highest BCUT2D eigenvalue weighted by molar-refractivity contribution is 4.93. The van der Waals surface area contributed by atoms with Gasteiger partial charge in [0.05, 0.1) is 0 Å². The Bertz CT molecular complexity index is 217. The molecule has 2 saturated carbocycles. The Labute approximate surface area is 101 Å². The van der Waals surface area contributed by atoms with Crippen LogP contribution in [0.1, 0.15) is 59.8 Å². The summed E-state index contributed by atoms with van der Waals surface area (Å²) in [4.78, 5) is 0. The molecule has 2 rings (SSSR count). The van der Waals surface area contributed by atoms with E-state index in [4.69, 9.17) is 0 Å². The lowest BCUT2D eigenvalue weighted by Crippen LogP contribution is -2.48. The Morgan fingerprint density at radius 1 is 1.19 bits per heavy atom. The molecule has 0 aromatic heterocycles. The Balaban J connectivity index is 1.72. The minimum absolute atomic E-state index is 0.822. The van der Waals surface area contributed by atoms with Gasteiger partial charge in [-0.3, -0.25) is 0 Å². The lowest BCUT2D eigenvalue weighted by atomic mass is 9.73. The summed E-state index contributed by atoms with van der Waals surface area (Å²) in [6, 6.07) is 1.67. The van der Waals surface area contributed by atoms with Gasteiger partial charge in [-0.15, -0.1) is 0 Å². The van der Waals surface area contributed by atoms with Crippen molar-refractivity contribution < 1.29 is 0 Å². The summed E-state index contributed by atoms with van der Waals surface area (Å²) in [5.41, 5.74) is 0. The van der Waals surface area contributed by atoms with Crippen LogP contribution in [-0.2, 0) is 0 Å². The highest BCUT2D eigenvalue weighted by Crippen LogP contribution is 2.38. The van der Waals surface area contributed by atoms with E-state index in [0.29, 0.717) is 0 Å². The van der Waals surface area contributed by atoms with Crippen LogP contribution in [0.5, 0.6) is 0 Å². The second kappa shape index (κ2) is 5.08. The van der Waals surface area contributed by atoms with Crippen LogP contribution in [0.2, 0.25) is 0 Å². The Morgan fingerprint density at radius 3 is 2.38 bits per heavy atom. The van der Waals surface area contributed by atoms with Crippen LogP contribution >= 0.6 is 0 Å². The van der Waals surface area contributed by atoms with Crippen LogP contribution < -0.4 is 5.32 Å². The van der Waals surface area contributed by atoms with Crippen LogP contribution in [0.4, 0.5) is 0 Å². The van der Waals surface area contributed by atoms with Crippen LogP contribution in [0.25, 0.3) is 0 Å². The van der Waals surface area contributed by atoms with Crippen molar-refractivity contribution in [3.05, 3.63) is 0 Å². The number of rotatable bonds is 4. The zero-order chi connectivity index (χ0) is 11.7. The first-order chi connectivity index (χ1) is 7.61. The Hall–Kier alpha value is -0.0400. The third kappa shape index (κ3) is 2.45. The van der Waals surface area contributed by atoms with Crippen LogP contribution in [0.3, 0.4) is 0 Å². The monoisotopic (exact) mass is 223 g/mol. The van der Waals surface area contributed by atoms with Crippen LogP contribution in [-0.4, -0.2) is 12.1 Å². The van der Waals surface area contributed by atoms with Crippen molar-refractivity contribution in [2.24, 2.45) is 23.7 Å². The normalized spacial score (nSPS) is 43.7. The number of nitrogens with one attached hydrogen (secondary N) is 1. The molecule has 2 aliphatic carbocycles. The van der Waals surface area contributed by atoms with Gasteiger partial charge in [0.25, 0.3) is 0 Å². The number of hydrogen-bond donors (Lipinski definition) is 1. The SMILES string of the molecule is CCC1CCC(NC2CC(C(C)C)C2)C1C. The van der Waals surface area contributed by atoms with Gasteiger partial charge < -0.3 is 5.32 Å². The predicted molar refractivity (Wildman–Crippen MR) is 70.5 cm³/mol. The summed E-state index contributed by atoms with van der Waals surface area (Å²) >= 11 is 0. The van der Waals surface area contributed by atoms with Gasteiger partial charge in [-0.25, -0.2) is 0 Å². The van der Waals surface area contributed by atoms with Crippen molar-refractivity contribution in [3.63, 3.8) is 0 Å². The first-order valence-corrected chi connectivity index (χ1v) is 7.37. The van der Waals surface area contributed by atoms with E-state index in [1.165, 1.54) is 32.1 Å². The third-order valence-electron chi connectivity index (χ3n) is 5.32. The standard InChI is InChI=1S/C15H29N/c1-5-12-6-7-15(11(12)4)16-14-8-13(9-14)10(2)3/h10-16H,5-9H2,1-4H3. The van der Waals surface area contributed by atoms with Crippen molar-refractivity contribution in [1.29, 1.82) is 0 Å². The van der Waals surface area contributed by atoms with Crippen molar-refractivity contribution in [2.45, 2.75) is 71.9 Å². The minimum atomic E-state index is 0.822. The molecule has 3 atom stereocenters. The second-order valence-corrected chi connectivity index (χ2v) is 6.55. The highest BCUT2D eigenvalue weighted by Gasteiger charge is 2.37. The molecule has 0 heterocycles. The van der Waals surface area contributed by atoms with E-state index >= 15 is 0 Å². The summed E-state index contributed by atoms with van der Waals surface area (Å²) in [7, 11) is 0. The molecule has 0 aromatic carbocycles. The van der Waals surface area contributed by atoms with E-state index in [2.05, 4.69) is 33.0 Å². The fraction of sp³-hybridized carbons (Fsp3) is 1.00. The maximum atomic E-state index is 3.91. The molecule has 16 heavy (non-hydrogen) atoms. The van der Waals surface area contributed by atoms with E-state index < -0.39 is 0 Å². The topological polar surface area (TPSA) is 12.0 Å². The maximum absolute atomic E-state index is 3.91. The van der Waals surface area contributed by atoms with E-state index in [1.54, 1.807) is 0 Å². The average Bonchev–Trinajstić information content (AvgIpc) is 2.52.